The summed E-state index contributed by atoms with van der Waals surface area (Å²) in [6.45, 7) is 3.48. The summed E-state index contributed by atoms with van der Waals surface area (Å²) < 4.78 is 10.4. The SMILES string of the molecule is CC1(C)OC(CN)C(C(=O)O)O1. The minimum Gasteiger partial charge on any atom is -0.479 e. The molecule has 70 valence electrons. The van der Waals surface area contributed by atoms with Crippen molar-refractivity contribution in [2.24, 2.45) is 5.73 Å². The lowest BCUT2D eigenvalue weighted by atomic mass is 10.2. The Bertz CT molecular complexity index is 192. The largest absolute Gasteiger partial charge is 0.479 e. The van der Waals surface area contributed by atoms with Crippen LogP contribution in [0.2, 0.25) is 0 Å². The standard InChI is InChI=1S/C7H13NO4/c1-7(2)11-4(3-8)5(12-7)6(9)10/h4-5H,3,8H2,1-2H3,(H,9,10). The minimum absolute atomic E-state index is 0.153. The third-order valence-electron chi connectivity index (χ3n) is 1.66. The molecule has 0 aliphatic carbocycles. The van der Waals surface area contributed by atoms with Gasteiger partial charge in [-0.25, -0.2) is 4.79 Å². The first-order valence-electron chi connectivity index (χ1n) is 3.75. The molecule has 0 radical (unpaired) electrons. The topological polar surface area (TPSA) is 81.8 Å². The maximum absolute atomic E-state index is 10.6. The minimum atomic E-state index is -1.03. The van der Waals surface area contributed by atoms with Crippen molar-refractivity contribution in [3.05, 3.63) is 0 Å². The first-order chi connectivity index (χ1) is 5.46. The normalized spacial score (nSPS) is 33.6. The molecule has 0 bridgehead atoms. The Balaban J connectivity index is 2.69. The molecule has 1 saturated heterocycles. The molecule has 5 nitrogen and oxygen atoms in total. The summed E-state index contributed by atoms with van der Waals surface area (Å²) in [5, 5.41) is 8.69. The quantitative estimate of drug-likeness (QED) is 0.594. The van der Waals surface area contributed by atoms with Crippen molar-refractivity contribution in [1.29, 1.82) is 0 Å². The van der Waals surface area contributed by atoms with Crippen LogP contribution in [-0.2, 0) is 14.3 Å². The van der Waals surface area contributed by atoms with E-state index in [0.29, 0.717) is 0 Å². The Morgan fingerprint density at radius 3 is 2.50 bits per heavy atom. The van der Waals surface area contributed by atoms with E-state index in [1.165, 1.54) is 0 Å². The molecule has 1 heterocycles. The summed E-state index contributed by atoms with van der Waals surface area (Å²) in [5.41, 5.74) is 5.31. The van der Waals surface area contributed by atoms with E-state index in [1.54, 1.807) is 13.8 Å². The highest BCUT2D eigenvalue weighted by molar-refractivity contribution is 5.73. The smallest absolute Gasteiger partial charge is 0.335 e. The van der Waals surface area contributed by atoms with E-state index in [2.05, 4.69) is 0 Å². The molecule has 2 unspecified atom stereocenters. The maximum Gasteiger partial charge on any atom is 0.335 e. The van der Waals surface area contributed by atoms with Crippen LogP contribution in [-0.4, -0.2) is 35.6 Å². The molecule has 0 aromatic carbocycles. The second kappa shape index (κ2) is 3.01. The van der Waals surface area contributed by atoms with Gasteiger partial charge in [0.15, 0.2) is 11.9 Å². The van der Waals surface area contributed by atoms with Crippen molar-refractivity contribution < 1.29 is 19.4 Å². The summed E-state index contributed by atoms with van der Waals surface area (Å²) >= 11 is 0. The third-order valence-corrected chi connectivity index (χ3v) is 1.66. The van der Waals surface area contributed by atoms with Gasteiger partial charge in [-0.2, -0.15) is 0 Å². The molecule has 1 aliphatic rings. The highest BCUT2D eigenvalue weighted by atomic mass is 16.8. The van der Waals surface area contributed by atoms with Crippen molar-refractivity contribution >= 4 is 5.97 Å². The average molecular weight is 175 g/mol. The summed E-state index contributed by atoms with van der Waals surface area (Å²) in [6, 6.07) is 0. The molecule has 0 spiro atoms. The van der Waals surface area contributed by atoms with Crippen LogP contribution >= 0.6 is 0 Å². The van der Waals surface area contributed by atoms with Crippen molar-refractivity contribution in [2.45, 2.75) is 31.8 Å². The van der Waals surface area contributed by atoms with Gasteiger partial charge in [0, 0.05) is 6.54 Å². The molecule has 1 rings (SSSR count). The zero-order valence-electron chi connectivity index (χ0n) is 7.11. The van der Waals surface area contributed by atoms with E-state index in [9.17, 15) is 4.79 Å². The van der Waals surface area contributed by atoms with Crippen LogP contribution < -0.4 is 5.73 Å². The van der Waals surface area contributed by atoms with Crippen molar-refractivity contribution in [1.82, 2.24) is 0 Å². The van der Waals surface area contributed by atoms with E-state index in [-0.39, 0.29) is 6.54 Å². The van der Waals surface area contributed by atoms with Crippen LogP contribution in [0.4, 0.5) is 0 Å². The predicted octanol–water partition coefficient (Wildman–Crippen LogP) is -0.450. The van der Waals surface area contributed by atoms with Crippen molar-refractivity contribution in [3.8, 4) is 0 Å². The van der Waals surface area contributed by atoms with Gasteiger partial charge < -0.3 is 20.3 Å². The van der Waals surface area contributed by atoms with Crippen LogP contribution in [0.1, 0.15) is 13.8 Å². The van der Waals surface area contributed by atoms with Crippen LogP contribution in [0.5, 0.6) is 0 Å². The lowest BCUT2D eigenvalue weighted by Gasteiger charge is -2.15. The second-order valence-corrected chi connectivity index (χ2v) is 3.17. The molecule has 0 aromatic heterocycles. The Morgan fingerprint density at radius 2 is 2.17 bits per heavy atom. The monoisotopic (exact) mass is 175 g/mol. The number of carbonyl (C=O) groups is 1. The number of carboxylic acid groups (broad SMARTS) is 1. The number of rotatable bonds is 2. The first kappa shape index (κ1) is 9.44. The van der Waals surface area contributed by atoms with Gasteiger partial charge in [-0.1, -0.05) is 0 Å². The number of hydrogen-bond donors (Lipinski definition) is 2. The average Bonchev–Trinajstić information content (AvgIpc) is 2.25. The maximum atomic E-state index is 10.6. The van der Waals surface area contributed by atoms with Crippen LogP contribution in [0.15, 0.2) is 0 Å². The first-order valence-corrected chi connectivity index (χ1v) is 3.75. The molecule has 5 heteroatoms. The van der Waals surface area contributed by atoms with Gasteiger partial charge in [-0.05, 0) is 13.8 Å². The molecule has 3 N–H and O–H groups in total. The molecule has 0 amide bonds. The lowest BCUT2D eigenvalue weighted by Crippen LogP contribution is -2.36. The van der Waals surface area contributed by atoms with E-state index < -0.39 is 24.0 Å². The van der Waals surface area contributed by atoms with E-state index >= 15 is 0 Å². The fraction of sp³-hybridized carbons (Fsp3) is 0.857. The number of aliphatic carboxylic acids is 1. The van der Waals surface area contributed by atoms with E-state index in [4.69, 9.17) is 20.3 Å². The molecular weight excluding hydrogens is 162 g/mol. The predicted molar refractivity (Wildman–Crippen MR) is 40.5 cm³/mol. The number of carboxylic acids is 1. The van der Waals surface area contributed by atoms with Crippen LogP contribution in [0.25, 0.3) is 0 Å². The third kappa shape index (κ3) is 1.74. The van der Waals surface area contributed by atoms with E-state index in [0.717, 1.165) is 0 Å². The van der Waals surface area contributed by atoms with Gasteiger partial charge in [0.2, 0.25) is 0 Å². The van der Waals surface area contributed by atoms with Crippen molar-refractivity contribution in [2.75, 3.05) is 6.54 Å². The molecule has 1 aliphatic heterocycles. The Kier molecular flexibility index (Phi) is 2.36. The summed E-state index contributed by atoms with van der Waals surface area (Å²) in [6.07, 6.45) is -1.48. The Hall–Kier alpha value is -0.650. The number of nitrogens with two attached hydrogens (primary N) is 1. The van der Waals surface area contributed by atoms with Gasteiger partial charge in [-0.3, -0.25) is 0 Å². The molecule has 0 aromatic rings. The Labute approximate surface area is 70.4 Å². The highest BCUT2D eigenvalue weighted by Gasteiger charge is 2.44. The zero-order valence-corrected chi connectivity index (χ0v) is 7.11. The van der Waals surface area contributed by atoms with Gasteiger partial charge in [0.25, 0.3) is 0 Å². The van der Waals surface area contributed by atoms with Gasteiger partial charge in [0.1, 0.15) is 6.10 Å². The molecule has 1 fully saturated rings. The summed E-state index contributed by atoms with van der Waals surface area (Å²) in [7, 11) is 0. The highest BCUT2D eigenvalue weighted by Crippen LogP contribution is 2.27. The summed E-state index contributed by atoms with van der Waals surface area (Å²) in [5.74, 6) is -1.87. The van der Waals surface area contributed by atoms with Crippen LogP contribution in [0, 0.1) is 0 Å². The number of hydrogen-bond acceptors (Lipinski definition) is 4. The van der Waals surface area contributed by atoms with Crippen molar-refractivity contribution in [3.63, 3.8) is 0 Å². The number of ether oxygens (including phenoxy) is 2. The fourth-order valence-corrected chi connectivity index (χ4v) is 1.22. The summed E-state index contributed by atoms with van der Waals surface area (Å²) in [4.78, 5) is 10.6. The van der Waals surface area contributed by atoms with Gasteiger partial charge in [-0.15, -0.1) is 0 Å². The van der Waals surface area contributed by atoms with E-state index in [1.807, 2.05) is 0 Å². The zero-order chi connectivity index (χ0) is 9.35. The van der Waals surface area contributed by atoms with Gasteiger partial charge in [0.05, 0.1) is 0 Å². The molecular formula is C7H13NO4. The van der Waals surface area contributed by atoms with Gasteiger partial charge >= 0.3 is 5.97 Å². The molecule has 2 atom stereocenters. The molecule has 12 heavy (non-hydrogen) atoms. The van der Waals surface area contributed by atoms with Crippen LogP contribution in [0.3, 0.4) is 0 Å². The molecule has 0 saturated carbocycles. The second-order valence-electron chi connectivity index (χ2n) is 3.17. The fourth-order valence-electron chi connectivity index (χ4n) is 1.22. The Morgan fingerprint density at radius 1 is 1.58 bits per heavy atom. The lowest BCUT2D eigenvalue weighted by molar-refractivity contribution is -0.165.